The predicted molar refractivity (Wildman–Crippen MR) is 104 cm³/mol. The first-order valence-electron chi connectivity index (χ1n) is 9.78. The van der Waals surface area contributed by atoms with Crippen molar-refractivity contribution in [2.24, 2.45) is 5.92 Å². The van der Waals surface area contributed by atoms with Crippen molar-refractivity contribution in [2.45, 2.75) is 76.4 Å². The fraction of sp³-hybridized carbons (Fsp3) is 0.667. The lowest BCUT2D eigenvalue weighted by Crippen LogP contribution is -2.42. The number of aryl methyl sites for hydroxylation is 1. The second-order valence-electron chi connectivity index (χ2n) is 8.25. The van der Waals surface area contributed by atoms with Crippen molar-refractivity contribution in [3.8, 4) is 0 Å². The van der Waals surface area contributed by atoms with E-state index in [0.29, 0.717) is 30.0 Å². The SMILES string of the molecule is Cc1ccc(CC2CCCN2C(=O)CC2CC3CCC(C2)N3)cc1.Cl. The molecule has 3 saturated heterocycles. The quantitative estimate of drug-likeness (QED) is 0.881. The number of piperidine rings is 1. The van der Waals surface area contributed by atoms with Gasteiger partial charge < -0.3 is 10.2 Å². The molecule has 3 fully saturated rings. The number of hydrogen-bond acceptors (Lipinski definition) is 2. The van der Waals surface area contributed by atoms with Crippen molar-refractivity contribution >= 4 is 18.3 Å². The summed E-state index contributed by atoms with van der Waals surface area (Å²) in [7, 11) is 0. The summed E-state index contributed by atoms with van der Waals surface area (Å²) in [4.78, 5) is 15.1. The molecule has 0 radical (unpaired) electrons. The minimum atomic E-state index is 0. The molecule has 3 unspecified atom stereocenters. The molecule has 3 atom stereocenters. The highest BCUT2D eigenvalue weighted by atomic mass is 35.5. The molecule has 4 heteroatoms. The van der Waals surface area contributed by atoms with Gasteiger partial charge in [-0.25, -0.2) is 0 Å². The second kappa shape index (κ2) is 8.09. The Morgan fingerprint density at radius 1 is 1.12 bits per heavy atom. The molecule has 0 saturated carbocycles. The van der Waals surface area contributed by atoms with Crippen LogP contribution < -0.4 is 5.32 Å². The van der Waals surface area contributed by atoms with Crippen LogP contribution in [0, 0.1) is 12.8 Å². The van der Waals surface area contributed by atoms with Gasteiger partial charge in [0, 0.05) is 31.1 Å². The Hall–Kier alpha value is -1.06. The van der Waals surface area contributed by atoms with Crippen LogP contribution in [0.5, 0.6) is 0 Å². The largest absolute Gasteiger partial charge is 0.339 e. The van der Waals surface area contributed by atoms with Crippen LogP contribution in [0.25, 0.3) is 0 Å². The van der Waals surface area contributed by atoms with Gasteiger partial charge in [-0.15, -0.1) is 12.4 Å². The molecular formula is C21H31ClN2O. The molecule has 0 aliphatic carbocycles. The third kappa shape index (κ3) is 4.38. The van der Waals surface area contributed by atoms with Crippen molar-refractivity contribution < 1.29 is 4.79 Å². The van der Waals surface area contributed by atoms with Gasteiger partial charge in [0.2, 0.25) is 5.91 Å². The monoisotopic (exact) mass is 362 g/mol. The number of likely N-dealkylation sites (tertiary alicyclic amines) is 1. The normalized spacial score (nSPS) is 31.0. The van der Waals surface area contributed by atoms with Crippen LogP contribution in [-0.4, -0.2) is 35.5 Å². The Morgan fingerprint density at radius 2 is 1.80 bits per heavy atom. The number of fused-ring (bicyclic) bond motifs is 2. The summed E-state index contributed by atoms with van der Waals surface area (Å²) in [6.45, 7) is 3.09. The molecule has 3 aliphatic heterocycles. The van der Waals surface area contributed by atoms with E-state index in [2.05, 4.69) is 41.4 Å². The number of rotatable bonds is 4. The predicted octanol–water partition coefficient (Wildman–Crippen LogP) is 3.87. The highest BCUT2D eigenvalue weighted by Crippen LogP contribution is 2.34. The summed E-state index contributed by atoms with van der Waals surface area (Å²) >= 11 is 0. The molecule has 25 heavy (non-hydrogen) atoms. The molecule has 1 aromatic rings. The zero-order valence-corrected chi connectivity index (χ0v) is 16.1. The number of nitrogens with one attached hydrogen (secondary N) is 1. The average Bonchev–Trinajstić information content (AvgIpc) is 3.16. The standard InChI is InChI=1S/C21H30N2O.ClH/c1-15-4-6-16(7-5-15)13-20-3-2-10-23(20)21(24)14-17-11-18-8-9-19(12-17)22-18;/h4-7,17-20,22H,2-3,8-14H2,1H3;1H. The summed E-state index contributed by atoms with van der Waals surface area (Å²) < 4.78 is 0. The van der Waals surface area contributed by atoms with E-state index in [4.69, 9.17) is 0 Å². The smallest absolute Gasteiger partial charge is 0.223 e. The maximum absolute atomic E-state index is 12.9. The van der Waals surface area contributed by atoms with E-state index in [1.807, 2.05) is 0 Å². The van der Waals surface area contributed by atoms with Gasteiger partial charge in [0.15, 0.2) is 0 Å². The van der Waals surface area contributed by atoms with E-state index in [9.17, 15) is 4.79 Å². The van der Waals surface area contributed by atoms with Crippen molar-refractivity contribution in [2.75, 3.05) is 6.54 Å². The van der Waals surface area contributed by atoms with E-state index < -0.39 is 0 Å². The lowest BCUT2D eigenvalue weighted by Gasteiger charge is -2.31. The van der Waals surface area contributed by atoms with Crippen LogP contribution in [-0.2, 0) is 11.2 Å². The highest BCUT2D eigenvalue weighted by molar-refractivity contribution is 5.85. The molecule has 2 bridgehead atoms. The van der Waals surface area contributed by atoms with Crippen LogP contribution in [0.4, 0.5) is 0 Å². The first kappa shape index (κ1) is 18.7. The number of carbonyl (C=O) groups is 1. The third-order valence-corrected chi connectivity index (χ3v) is 6.32. The van der Waals surface area contributed by atoms with Crippen molar-refractivity contribution in [1.29, 1.82) is 0 Å². The molecular weight excluding hydrogens is 332 g/mol. The van der Waals surface area contributed by atoms with Crippen LogP contribution in [0.2, 0.25) is 0 Å². The van der Waals surface area contributed by atoms with E-state index >= 15 is 0 Å². The fourth-order valence-corrected chi connectivity index (χ4v) is 5.08. The van der Waals surface area contributed by atoms with Gasteiger partial charge in [0.1, 0.15) is 0 Å². The number of carbonyl (C=O) groups excluding carboxylic acids is 1. The molecule has 0 spiro atoms. The van der Waals surface area contributed by atoms with E-state index in [1.54, 1.807) is 0 Å². The average molecular weight is 363 g/mol. The highest BCUT2D eigenvalue weighted by Gasteiger charge is 2.36. The van der Waals surface area contributed by atoms with Gasteiger partial charge in [0.05, 0.1) is 0 Å². The summed E-state index contributed by atoms with van der Waals surface area (Å²) in [5.74, 6) is 1.02. The van der Waals surface area contributed by atoms with Gasteiger partial charge in [0.25, 0.3) is 0 Å². The van der Waals surface area contributed by atoms with Gasteiger partial charge in [-0.3, -0.25) is 4.79 Å². The molecule has 4 rings (SSSR count). The fourth-order valence-electron chi connectivity index (χ4n) is 5.08. The van der Waals surface area contributed by atoms with Crippen molar-refractivity contribution in [3.05, 3.63) is 35.4 Å². The first-order chi connectivity index (χ1) is 11.7. The maximum atomic E-state index is 12.9. The lowest BCUT2D eigenvalue weighted by molar-refractivity contribution is -0.133. The molecule has 1 amide bonds. The summed E-state index contributed by atoms with van der Waals surface area (Å²) in [5.41, 5.74) is 2.67. The van der Waals surface area contributed by atoms with Gasteiger partial charge in [-0.05, 0) is 63.4 Å². The number of amides is 1. The minimum absolute atomic E-state index is 0. The number of halogens is 1. The minimum Gasteiger partial charge on any atom is -0.339 e. The molecule has 3 aliphatic rings. The topological polar surface area (TPSA) is 32.3 Å². The Labute approximate surface area is 158 Å². The zero-order valence-electron chi connectivity index (χ0n) is 15.2. The van der Waals surface area contributed by atoms with Gasteiger partial charge >= 0.3 is 0 Å². The number of benzene rings is 1. The molecule has 0 aromatic heterocycles. The molecule has 3 nitrogen and oxygen atoms in total. The lowest BCUT2D eigenvalue weighted by atomic mass is 9.89. The van der Waals surface area contributed by atoms with E-state index in [1.165, 1.54) is 43.2 Å². The summed E-state index contributed by atoms with van der Waals surface area (Å²) in [5, 5.41) is 3.68. The second-order valence-corrected chi connectivity index (χ2v) is 8.25. The Kier molecular flexibility index (Phi) is 6.06. The van der Waals surface area contributed by atoms with E-state index in [0.717, 1.165) is 25.8 Å². The maximum Gasteiger partial charge on any atom is 0.223 e. The zero-order chi connectivity index (χ0) is 16.5. The van der Waals surface area contributed by atoms with E-state index in [-0.39, 0.29) is 12.4 Å². The van der Waals surface area contributed by atoms with Crippen LogP contribution >= 0.6 is 12.4 Å². The Morgan fingerprint density at radius 3 is 2.48 bits per heavy atom. The summed E-state index contributed by atoms with van der Waals surface area (Å²) in [6.07, 6.45) is 9.17. The first-order valence-corrected chi connectivity index (χ1v) is 9.78. The third-order valence-electron chi connectivity index (χ3n) is 6.32. The van der Waals surface area contributed by atoms with Crippen molar-refractivity contribution in [3.63, 3.8) is 0 Å². The molecule has 1 aromatic carbocycles. The summed E-state index contributed by atoms with van der Waals surface area (Å²) in [6, 6.07) is 10.6. The molecule has 138 valence electrons. The van der Waals surface area contributed by atoms with Crippen LogP contribution in [0.1, 0.15) is 56.1 Å². The van der Waals surface area contributed by atoms with Crippen LogP contribution in [0.15, 0.2) is 24.3 Å². The van der Waals surface area contributed by atoms with Crippen molar-refractivity contribution in [1.82, 2.24) is 10.2 Å². The number of hydrogen-bond donors (Lipinski definition) is 1. The van der Waals surface area contributed by atoms with Gasteiger partial charge in [-0.2, -0.15) is 0 Å². The molecule has 1 N–H and O–H groups in total. The van der Waals surface area contributed by atoms with Crippen LogP contribution in [0.3, 0.4) is 0 Å². The van der Waals surface area contributed by atoms with Gasteiger partial charge in [-0.1, -0.05) is 29.8 Å². The Bertz CT molecular complexity index is 576. The number of nitrogens with zero attached hydrogens (tertiary/aromatic N) is 1. The molecule has 3 heterocycles. The Balaban J connectivity index is 0.00000182.